The van der Waals surface area contributed by atoms with E-state index in [0.717, 1.165) is 53.5 Å². The number of hydrazone groups is 1. The van der Waals surface area contributed by atoms with Crippen LogP contribution in [-0.4, -0.2) is 45.2 Å². The lowest BCUT2D eigenvalue weighted by Gasteiger charge is -2.20. The highest BCUT2D eigenvalue weighted by Gasteiger charge is 2.20. The Morgan fingerprint density at radius 3 is 2.70 bits per heavy atom. The molecule has 1 atom stereocenters. The highest BCUT2D eigenvalue weighted by atomic mass is 35.5. The number of ether oxygens (including phenoxy) is 1. The molecule has 1 aliphatic rings. The minimum atomic E-state index is -0.290. The summed E-state index contributed by atoms with van der Waals surface area (Å²) in [6.07, 6.45) is 8.85. The van der Waals surface area contributed by atoms with Gasteiger partial charge in [-0.3, -0.25) is 9.98 Å². The SMILES string of the molecule is CC.CC(=NC1CCNCC1)/C(=N\N)c1cc(OC(C)c2cncc3ccccc23)c2c(Cl)cnn2c1. The summed E-state index contributed by atoms with van der Waals surface area (Å²) in [5.41, 5.74) is 3.81. The third-order valence-corrected chi connectivity index (χ3v) is 6.68. The Labute approximate surface area is 222 Å². The molecule has 4 aromatic rings. The molecule has 0 radical (unpaired) electrons. The van der Waals surface area contributed by atoms with E-state index < -0.39 is 0 Å². The molecule has 1 unspecified atom stereocenters. The molecule has 37 heavy (non-hydrogen) atoms. The highest BCUT2D eigenvalue weighted by molar-refractivity contribution is 6.47. The van der Waals surface area contributed by atoms with E-state index in [1.807, 2.05) is 70.6 Å². The number of aromatic nitrogens is 3. The number of rotatable bonds is 6. The van der Waals surface area contributed by atoms with E-state index in [1.54, 1.807) is 10.7 Å². The molecule has 194 valence electrons. The van der Waals surface area contributed by atoms with Gasteiger partial charge < -0.3 is 15.9 Å². The number of aliphatic imine (C=N–C) groups is 1. The third-order valence-electron chi connectivity index (χ3n) is 6.40. The maximum Gasteiger partial charge on any atom is 0.148 e. The number of nitrogens with two attached hydrogens (primary N) is 1. The zero-order chi connectivity index (χ0) is 26.4. The van der Waals surface area contributed by atoms with Crippen LogP contribution in [0.15, 0.2) is 65.2 Å². The van der Waals surface area contributed by atoms with Gasteiger partial charge in [0.25, 0.3) is 0 Å². The van der Waals surface area contributed by atoms with Gasteiger partial charge >= 0.3 is 0 Å². The maximum absolute atomic E-state index is 6.50. The van der Waals surface area contributed by atoms with Crippen LogP contribution in [0.5, 0.6) is 5.75 Å². The van der Waals surface area contributed by atoms with Crippen molar-refractivity contribution >= 4 is 39.3 Å². The summed E-state index contributed by atoms with van der Waals surface area (Å²) in [7, 11) is 0. The molecular formula is C28H34ClN7O. The molecule has 1 aliphatic heterocycles. The second kappa shape index (κ2) is 12.2. The van der Waals surface area contributed by atoms with Crippen LogP contribution in [0.25, 0.3) is 16.3 Å². The van der Waals surface area contributed by atoms with Gasteiger partial charge in [0.2, 0.25) is 0 Å². The van der Waals surface area contributed by atoms with Crippen molar-refractivity contribution < 1.29 is 4.74 Å². The van der Waals surface area contributed by atoms with E-state index >= 15 is 0 Å². The number of halogens is 1. The molecule has 3 aromatic heterocycles. The lowest BCUT2D eigenvalue weighted by Crippen LogP contribution is -2.31. The fraction of sp³-hybridized carbons (Fsp3) is 0.357. The first kappa shape index (κ1) is 26.6. The Balaban J connectivity index is 0.00000156. The van der Waals surface area contributed by atoms with Crippen molar-refractivity contribution in [3.8, 4) is 5.75 Å². The fourth-order valence-electron chi connectivity index (χ4n) is 4.63. The number of fused-ring (bicyclic) bond motifs is 2. The smallest absolute Gasteiger partial charge is 0.148 e. The van der Waals surface area contributed by atoms with Gasteiger partial charge in [-0.05, 0) is 51.2 Å². The van der Waals surface area contributed by atoms with Gasteiger partial charge in [0.1, 0.15) is 23.1 Å². The molecule has 1 fully saturated rings. The van der Waals surface area contributed by atoms with Crippen LogP contribution in [-0.2, 0) is 0 Å². The average molecular weight is 520 g/mol. The minimum Gasteiger partial charge on any atom is -0.484 e. The molecule has 5 rings (SSSR count). The second-order valence-electron chi connectivity index (χ2n) is 8.76. The summed E-state index contributed by atoms with van der Waals surface area (Å²) in [6.45, 7) is 9.87. The Morgan fingerprint density at radius 2 is 1.95 bits per heavy atom. The number of piperidine rings is 1. The predicted octanol–water partition coefficient (Wildman–Crippen LogP) is 5.58. The first-order chi connectivity index (χ1) is 18.0. The fourth-order valence-corrected chi connectivity index (χ4v) is 4.86. The van der Waals surface area contributed by atoms with Gasteiger partial charge in [-0.2, -0.15) is 10.2 Å². The normalized spacial score (nSPS) is 15.9. The molecule has 0 bridgehead atoms. The predicted molar refractivity (Wildman–Crippen MR) is 152 cm³/mol. The van der Waals surface area contributed by atoms with Crippen LogP contribution >= 0.6 is 11.6 Å². The van der Waals surface area contributed by atoms with Crippen molar-refractivity contribution in [2.45, 2.75) is 52.7 Å². The topological polar surface area (TPSA) is 102 Å². The molecule has 4 heterocycles. The van der Waals surface area contributed by atoms with E-state index in [1.165, 1.54) is 0 Å². The highest BCUT2D eigenvalue weighted by Crippen LogP contribution is 2.33. The van der Waals surface area contributed by atoms with Gasteiger partial charge in [-0.1, -0.05) is 49.7 Å². The monoisotopic (exact) mass is 519 g/mol. The molecular weight excluding hydrogens is 486 g/mol. The first-order valence-electron chi connectivity index (χ1n) is 12.7. The van der Waals surface area contributed by atoms with Crippen LogP contribution in [0, 0.1) is 0 Å². The molecule has 3 N–H and O–H groups in total. The van der Waals surface area contributed by atoms with Crippen LogP contribution < -0.4 is 15.9 Å². The zero-order valence-corrected chi connectivity index (χ0v) is 22.5. The van der Waals surface area contributed by atoms with E-state index in [0.29, 0.717) is 22.0 Å². The van der Waals surface area contributed by atoms with Crippen LogP contribution in [0.3, 0.4) is 0 Å². The number of nitrogens with zero attached hydrogens (tertiary/aromatic N) is 5. The molecule has 1 aromatic carbocycles. The standard InChI is InChI=1S/C26H28ClN7O.C2H6/c1-16(32-20-7-9-29-10-8-20)25(33-28)19-11-24(26-23(27)14-31-34(26)15-19)35-17(2)22-13-30-12-18-5-3-4-6-21(18)22;1-2/h3-6,11-15,17,20,29H,7-10,28H2,1-2H3;1-2H3/b32-16?,33-25+;. The Kier molecular flexibility index (Phi) is 8.74. The van der Waals surface area contributed by atoms with Crippen LogP contribution in [0.4, 0.5) is 0 Å². The molecule has 8 nitrogen and oxygen atoms in total. The van der Waals surface area contributed by atoms with Crippen molar-refractivity contribution in [2.24, 2.45) is 15.9 Å². The summed E-state index contributed by atoms with van der Waals surface area (Å²) in [5.74, 6) is 6.44. The van der Waals surface area contributed by atoms with Gasteiger partial charge in [0.15, 0.2) is 0 Å². The van der Waals surface area contributed by atoms with Gasteiger partial charge in [-0.15, -0.1) is 0 Å². The minimum absolute atomic E-state index is 0.255. The van der Waals surface area contributed by atoms with Crippen LogP contribution in [0.1, 0.15) is 57.8 Å². The zero-order valence-electron chi connectivity index (χ0n) is 21.8. The third kappa shape index (κ3) is 5.76. The summed E-state index contributed by atoms with van der Waals surface area (Å²) >= 11 is 6.50. The van der Waals surface area contributed by atoms with Gasteiger partial charge in [-0.25, -0.2) is 4.52 Å². The van der Waals surface area contributed by atoms with Gasteiger partial charge in [0, 0.05) is 35.1 Å². The summed E-state index contributed by atoms with van der Waals surface area (Å²) < 4.78 is 8.20. The second-order valence-corrected chi connectivity index (χ2v) is 9.17. The quantitative estimate of drug-likeness (QED) is 0.197. The summed E-state index contributed by atoms with van der Waals surface area (Å²) in [6, 6.07) is 10.3. The van der Waals surface area contributed by atoms with Gasteiger partial charge in [0.05, 0.1) is 23.0 Å². The van der Waals surface area contributed by atoms with E-state index in [-0.39, 0.29) is 12.1 Å². The van der Waals surface area contributed by atoms with Crippen molar-refractivity contribution in [3.63, 3.8) is 0 Å². The largest absolute Gasteiger partial charge is 0.484 e. The van der Waals surface area contributed by atoms with Crippen LogP contribution in [0.2, 0.25) is 5.02 Å². The number of nitrogens with one attached hydrogen (secondary N) is 1. The van der Waals surface area contributed by atoms with E-state index in [9.17, 15) is 0 Å². The first-order valence-corrected chi connectivity index (χ1v) is 13.1. The lowest BCUT2D eigenvalue weighted by molar-refractivity contribution is 0.230. The molecule has 0 aliphatic carbocycles. The molecule has 0 spiro atoms. The maximum atomic E-state index is 6.50. The molecule has 0 amide bonds. The van der Waals surface area contributed by atoms with E-state index in [4.69, 9.17) is 27.2 Å². The number of benzene rings is 1. The van der Waals surface area contributed by atoms with Crippen molar-refractivity contribution in [3.05, 3.63) is 71.3 Å². The lowest BCUT2D eigenvalue weighted by atomic mass is 10.0. The average Bonchev–Trinajstić information content (AvgIpc) is 3.31. The number of pyridine rings is 2. The Bertz CT molecular complexity index is 1420. The van der Waals surface area contributed by atoms with Crippen molar-refractivity contribution in [1.29, 1.82) is 0 Å². The summed E-state index contributed by atoms with van der Waals surface area (Å²) in [5, 5.41) is 14.5. The number of hydrogen-bond acceptors (Lipinski definition) is 7. The number of hydrogen-bond donors (Lipinski definition) is 2. The summed E-state index contributed by atoms with van der Waals surface area (Å²) in [4.78, 5) is 9.31. The molecule has 0 saturated carbocycles. The molecule has 9 heteroatoms. The van der Waals surface area contributed by atoms with Crippen molar-refractivity contribution in [2.75, 3.05) is 13.1 Å². The van der Waals surface area contributed by atoms with Crippen molar-refractivity contribution in [1.82, 2.24) is 19.9 Å². The Morgan fingerprint density at radius 1 is 1.19 bits per heavy atom. The van der Waals surface area contributed by atoms with E-state index in [2.05, 4.69) is 26.6 Å². The Hall–Kier alpha value is -3.49. The molecule has 1 saturated heterocycles.